The number of rotatable bonds is 5. The first kappa shape index (κ1) is 11.9. The van der Waals surface area contributed by atoms with Gasteiger partial charge in [0.2, 0.25) is 5.95 Å². The van der Waals surface area contributed by atoms with Crippen molar-refractivity contribution in [1.29, 1.82) is 0 Å². The van der Waals surface area contributed by atoms with Gasteiger partial charge in [0.05, 0.1) is 0 Å². The molecule has 0 spiro atoms. The van der Waals surface area contributed by atoms with Crippen LogP contribution in [0.25, 0.3) is 5.78 Å². The highest BCUT2D eigenvalue weighted by Crippen LogP contribution is 2.20. The third-order valence-electron chi connectivity index (χ3n) is 3.33. The van der Waals surface area contributed by atoms with Crippen LogP contribution in [0.5, 0.6) is 0 Å². The van der Waals surface area contributed by atoms with Gasteiger partial charge in [0, 0.05) is 25.0 Å². The third kappa shape index (κ3) is 2.12. The standard InChI is InChI=1S/C14H17N5/c1-3-8-18(9-4-2)14-16-13-15-12-7-5-6-11(12)10-19(13)17-14/h3-4,10H,1-2,5-9H2. The lowest BCUT2D eigenvalue weighted by Gasteiger charge is -2.15. The molecule has 3 rings (SSSR count). The van der Waals surface area contributed by atoms with Gasteiger partial charge in [-0.25, -0.2) is 9.50 Å². The molecule has 98 valence electrons. The second-order valence-corrected chi connectivity index (χ2v) is 4.71. The smallest absolute Gasteiger partial charge is 0.254 e. The maximum atomic E-state index is 4.59. The highest BCUT2D eigenvalue weighted by atomic mass is 15.4. The molecule has 0 N–H and O–H groups in total. The summed E-state index contributed by atoms with van der Waals surface area (Å²) in [6.45, 7) is 8.91. The van der Waals surface area contributed by atoms with Crippen molar-refractivity contribution in [2.75, 3.05) is 18.0 Å². The summed E-state index contributed by atoms with van der Waals surface area (Å²) in [6, 6.07) is 0. The molecular weight excluding hydrogens is 238 g/mol. The molecule has 5 nitrogen and oxygen atoms in total. The molecule has 2 heterocycles. The van der Waals surface area contributed by atoms with E-state index >= 15 is 0 Å². The first-order chi connectivity index (χ1) is 9.31. The molecule has 0 saturated carbocycles. The van der Waals surface area contributed by atoms with Gasteiger partial charge in [0.25, 0.3) is 5.78 Å². The Morgan fingerprint density at radius 2 is 2.00 bits per heavy atom. The highest BCUT2D eigenvalue weighted by Gasteiger charge is 2.17. The molecule has 1 aliphatic carbocycles. The van der Waals surface area contributed by atoms with Crippen LogP contribution in [0.3, 0.4) is 0 Å². The third-order valence-corrected chi connectivity index (χ3v) is 3.33. The summed E-state index contributed by atoms with van der Waals surface area (Å²) in [6.07, 6.45) is 9.06. The number of hydrogen-bond acceptors (Lipinski definition) is 4. The van der Waals surface area contributed by atoms with Crippen molar-refractivity contribution in [1.82, 2.24) is 19.6 Å². The summed E-state index contributed by atoms with van der Waals surface area (Å²) in [4.78, 5) is 11.1. The zero-order chi connectivity index (χ0) is 13.2. The van der Waals surface area contributed by atoms with Gasteiger partial charge in [-0.05, 0) is 24.8 Å². The first-order valence-corrected chi connectivity index (χ1v) is 6.53. The fourth-order valence-corrected chi connectivity index (χ4v) is 2.44. The number of aryl methyl sites for hydroxylation is 2. The van der Waals surface area contributed by atoms with Crippen molar-refractivity contribution in [2.24, 2.45) is 0 Å². The van der Waals surface area contributed by atoms with Gasteiger partial charge >= 0.3 is 0 Å². The molecule has 0 fully saturated rings. The van der Waals surface area contributed by atoms with Crippen LogP contribution in [0, 0.1) is 0 Å². The summed E-state index contributed by atoms with van der Waals surface area (Å²) >= 11 is 0. The molecule has 1 aliphatic rings. The average Bonchev–Trinajstić information content (AvgIpc) is 3.00. The minimum atomic E-state index is 0.675. The quantitative estimate of drug-likeness (QED) is 0.764. The van der Waals surface area contributed by atoms with E-state index in [0.29, 0.717) is 24.8 Å². The lowest BCUT2D eigenvalue weighted by Crippen LogP contribution is -2.24. The molecule has 5 heteroatoms. The van der Waals surface area contributed by atoms with Crippen LogP contribution < -0.4 is 4.90 Å². The van der Waals surface area contributed by atoms with Gasteiger partial charge in [-0.2, -0.15) is 4.98 Å². The fourth-order valence-electron chi connectivity index (χ4n) is 2.44. The summed E-state index contributed by atoms with van der Waals surface area (Å²) in [5.74, 6) is 1.35. The molecular formula is C14H17N5. The molecule has 2 aromatic heterocycles. The van der Waals surface area contributed by atoms with Crippen molar-refractivity contribution in [2.45, 2.75) is 19.3 Å². The minimum absolute atomic E-state index is 0.675. The van der Waals surface area contributed by atoms with E-state index < -0.39 is 0 Å². The maximum absolute atomic E-state index is 4.59. The van der Waals surface area contributed by atoms with E-state index in [2.05, 4.69) is 34.4 Å². The van der Waals surface area contributed by atoms with Gasteiger partial charge in [-0.1, -0.05) is 12.2 Å². The van der Waals surface area contributed by atoms with Crippen molar-refractivity contribution in [3.8, 4) is 0 Å². The monoisotopic (exact) mass is 255 g/mol. The van der Waals surface area contributed by atoms with E-state index in [4.69, 9.17) is 0 Å². The Hall–Kier alpha value is -2.17. The SMILES string of the molecule is C=CCN(CC=C)c1nc2nc3c(cn2n1)CCC3. The number of aromatic nitrogens is 4. The summed E-state index contributed by atoms with van der Waals surface area (Å²) in [5.41, 5.74) is 2.47. The molecule has 0 atom stereocenters. The van der Waals surface area contributed by atoms with Gasteiger partial charge in [-0.3, -0.25) is 0 Å². The molecule has 2 aromatic rings. The molecule has 0 bridgehead atoms. The Morgan fingerprint density at radius 3 is 2.74 bits per heavy atom. The predicted octanol–water partition coefficient (Wildman–Crippen LogP) is 1.79. The van der Waals surface area contributed by atoms with Crippen LogP contribution in [0.1, 0.15) is 17.7 Å². The highest BCUT2D eigenvalue weighted by molar-refractivity contribution is 5.42. The van der Waals surface area contributed by atoms with Gasteiger partial charge < -0.3 is 4.90 Å². The Balaban J connectivity index is 2.00. The lowest BCUT2D eigenvalue weighted by atomic mass is 10.3. The second kappa shape index (κ2) is 4.84. The second-order valence-electron chi connectivity index (χ2n) is 4.71. The number of hydrogen-bond donors (Lipinski definition) is 0. The number of anilines is 1. The zero-order valence-electron chi connectivity index (χ0n) is 10.9. The predicted molar refractivity (Wildman–Crippen MR) is 75.4 cm³/mol. The zero-order valence-corrected chi connectivity index (χ0v) is 10.9. The molecule has 0 unspecified atom stereocenters. The topological polar surface area (TPSA) is 46.3 Å². The average molecular weight is 255 g/mol. The van der Waals surface area contributed by atoms with E-state index in [1.165, 1.54) is 17.7 Å². The van der Waals surface area contributed by atoms with E-state index in [9.17, 15) is 0 Å². The molecule has 0 aliphatic heterocycles. The number of fused-ring (bicyclic) bond motifs is 2. The largest absolute Gasteiger partial charge is 0.332 e. The van der Waals surface area contributed by atoms with Crippen molar-refractivity contribution < 1.29 is 0 Å². The van der Waals surface area contributed by atoms with E-state index in [0.717, 1.165) is 12.8 Å². The molecule has 19 heavy (non-hydrogen) atoms. The van der Waals surface area contributed by atoms with Gasteiger partial charge in [0.1, 0.15) is 0 Å². The van der Waals surface area contributed by atoms with Crippen LogP contribution in [-0.4, -0.2) is 32.7 Å². The lowest BCUT2D eigenvalue weighted by molar-refractivity contribution is 0.859. The van der Waals surface area contributed by atoms with Crippen molar-refractivity contribution in [3.63, 3.8) is 0 Å². The minimum Gasteiger partial charge on any atom is -0.332 e. The Labute approximate surface area is 112 Å². The van der Waals surface area contributed by atoms with Crippen molar-refractivity contribution in [3.05, 3.63) is 42.8 Å². The maximum Gasteiger partial charge on any atom is 0.254 e. The van der Waals surface area contributed by atoms with E-state index in [1.54, 1.807) is 4.52 Å². The van der Waals surface area contributed by atoms with Crippen LogP contribution in [0.15, 0.2) is 31.5 Å². The van der Waals surface area contributed by atoms with E-state index in [-0.39, 0.29) is 0 Å². The summed E-state index contributed by atoms with van der Waals surface area (Å²) < 4.78 is 1.78. The Bertz CT molecular complexity index is 577. The summed E-state index contributed by atoms with van der Waals surface area (Å²) in [5, 5.41) is 4.50. The fraction of sp³-hybridized carbons (Fsp3) is 0.357. The molecule has 0 saturated heterocycles. The molecule has 0 amide bonds. The van der Waals surface area contributed by atoms with Gasteiger partial charge in [0.15, 0.2) is 0 Å². The number of nitrogens with zero attached hydrogens (tertiary/aromatic N) is 5. The van der Waals surface area contributed by atoms with Crippen LogP contribution in [0.4, 0.5) is 5.95 Å². The van der Waals surface area contributed by atoms with Gasteiger partial charge in [-0.15, -0.1) is 18.3 Å². The summed E-state index contributed by atoms with van der Waals surface area (Å²) in [7, 11) is 0. The van der Waals surface area contributed by atoms with Crippen LogP contribution in [0.2, 0.25) is 0 Å². The van der Waals surface area contributed by atoms with E-state index in [1.807, 2.05) is 17.1 Å². The Kier molecular flexibility index (Phi) is 3.03. The first-order valence-electron chi connectivity index (χ1n) is 6.53. The van der Waals surface area contributed by atoms with Crippen molar-refractivity contribution >= 4 is 11.7 Å². The molecule has 0 aromatic carbocycles. The van der Waals surface area contributed by atoms with Crippen LogP contribution in [-0.2, 0) is 12.8 Å². The molecule has 0 radical (unpaired) electrons. The normalized spacial score (nSPS) is 13.5. The Morgan fingerprint density at radius 1 is 1.21 bits per heavy atom. The van der Waals surface area contributed by atoms with Crippen LogP contribution >= 0.6 is 0 Å².